The predicted molar refractivity (Wildman–Crippen MR) is 122 cm³/mol. The summed E-state index contributed by atoms with van der Waals surface area (Å²) < 4.78 is 5.73. The van der Waals surface area contributed by atoms with Crippen molar-refractivity contribution in [3.63, 3.8) is 0 Å². The van der Waals surface area contributed by atoms with E-state index in [0.29, 0.717) is 19.6 Å². The van der Waals surface area contributed by atoms with Gasteiger partial charge in [-0.3, -0.25) is 10.1 Å². The lowest BCUT2D eigenvalue weighted by Crippen LogP contribution is -2.52. The number of amides is 1. The van der Waals surface area contributed by atoms with Crippen LogP contribution >= 0.6 is 11.3 Å². The number of thiazole rings is 1. The summed E-state index contributed by atoms with van der Waals surface area (Å²) in [7, 11) is 0. The Morgan fingerprint density at radius 3 is 3.00 bits per heavy atom. The van der Waals surface area contributed by atoms with Gasteiger partial charge < -0.3 is 14.7 Å². The van der Waals surface area contributed by atoms with Crippen molar-refractivity contribution in [1.29, 1.82) is 0 Å². The fourth-order valence-corrected chi connectivity index (χ4v) is 5.14. The molecular formula is C24H25N3O3S. The number of aliphatic hydroxyl groups is 1. The van der Waals surface area contributed by atoms with Gasteiger partial charge in [-0.25, -0.2) is 4.98 Å². The Kier molecular flexibility index (Phi) is 5.25. The van der Waals surface area contributed by atoms with Crippen LogP contribution in [0.2, 0.25) is 0 Å². The van der Waals surface area contributed by atoms with Gasteiger partial charge in [-0.1, -0.05) is 24.3 Å². The molecular weight excluding hydrogens is 410 g/mol. The molecule has 1 atom stereocenters. The molecule has 0 aliphatic carbocycles. The maximum Gasteiger partial charge on any atom is 0.240 e. The fraction of sp³-hybridized carbons (Fsp3) is 0.333. The molecule has 0 fully saturated rings. The quantitative estimate of drug-likeness (QED) is 0.644. The zero-order valence-corrected chi connectivity index (χ0v) is 18.2. The van der Waals surface area contributed by atoms with E-state index in [1.807, 2.05) is 48.2 Å². The van der Waals surface area contributed by atoms with E-state index in [4.69, 9.17) is 4.74 Å². The third-order valence-electron chi connectivity index (χ3n) is 6.23. The summed E-state index contributed by atoms with van der Waals surface area (Å²) in [5.41, 5.74) is 4.45. The highest BCUT2D eigenvalue weighted by Crippen LogP contribution is 2.37. The summed E-state index contributed by atoms with van der Waals surface area (Å²) in [6, 6.07) is 13.9. The number of ether oxygens (including phenoxy) is 1. The maximum absolute atomic E-state index is 13.1. The monoisotopic (exact) mass is 435 g/mol. The molecule has 2 N–H and O–H groups in total. The zero-order chi connectivity index (χ0) is 21.4. The highest BCUT2D eigenvalue weighted by Gasteiger charge is 2.38. The summed E-state index contributed by atoms with van der Waals surface area (Å²) >= 11 is 1.64. The Hall–Kier alpha value is -2.74. The number of anilines is 1. The number of benzene rings is 2. The zero-order valence-electron chi connectivity index (χ0n) is 17.4. The van der Waals surface area contributed by atoms with E-state index in [2.05, 4.69) is 21.7 Å². The lowest BCUT2D eigenvalue weighted by atomic mass is 9.85. The lowest BCUT2D eigenvalue weighted by Gasteiger charge is -2.38. The summed E-state index contributed by atoms with van der Waals surface area (Å²) in [6.45, 7) is 3.24. The minimum atomic E-state index is -0.667. The van der Waals surface area contributed by atoms with E-state index in [1.165, 1.54) is 5.56 Å². The van der Waals surface area contributed by atoms with Gasteiger partial charge >= 0.3 is 0 Å². The van der Waals surface area contributed by atoms with Crippen LogP contribution in [0.3, 0.4) is 0 Å². The second kappa shape index (κ2) is 8.07. The Morgan fingerprint density at radius 2 is 2.19 bits per heavy atom. The molecule has 2 aliphatic rings. The van der Waals surface area contributed by atoms with Crippen molar-refractivity contribution in [3.8, 4) is 17.0 Å². The van der Waals surface area contributed by atoms with Crippen LogP contribution in [0.1, 0.15) is 22.6 Å². The van der Waals surface area contributed by atoms with Gasteiger partial charge in [0.15, 0.2) is 0 Å². The molecule has 0 unspecified atom stereocenters. The van der Waals surface area contributed by atoms with Crippen LogP contribution in [0.4, 0.5) is 5.69 Å². The van der Waals surface area contributed by atoms with Crippen LogP contribution in [0.5, 0.6) is 5.75 Å². The molecule has 5 rings (SSSR count). The number of aromatic nitrogens is 1. The third kappa shape index (κ3) is 3.63. The number of nitrogens with zero attached hydrogens (tertiary/aromatic N) is 2. The third-order valence-corrected chi connectivity index (χ3v) is 7.00. The second-order valence-corrected chi connectivity index (χ2v) is 9.14. The first kappa shape index (κ1) is 20.2. The van der Waals surface area contributed by atoms with Gasteiger partial charge in [0.25, 0.3) is 0 Å². The van der Waals surface area contributed by atoms with Gasteiger partial charge in [0.2, 0.25) is 5.91 Å². The number of para-hydroxylation sites is 1. The minimum absolute atomic E-state index is 0.00722. The van der Waals surface area contributed by atoms with Crippen LogP contribution < -0.4 is 15.0 Å². The van der Waals surface area contributed by atoms with Gasteiger partial charge in [-0.2, -0.15) is 0 Å². The first-order valence-electron chi connectivity index (χ1n) is 10.5. The van der Waals surface area contributed by atoms with Crippen LogP contribution in [0.25, 0.3) is 11.3 Å². The number of carbonyl (C=O) groups is 1. The lowest BCUT2D eigenvalue weighted by molar-refractivity contribution is -0.118. The van der Waals surface area contributed by atoms with E-state index in [9.17, 15) is 9.90 Å². The number of hydrogen-bond acceptors (Lipinski definition) is 6. The van der Waals surface area contributed by atoms with Crippen LogP contribution in [-0.4, -0.2) is 42.3 Å². The molecule has 1 aromatic heterocycles. The van der Waals surface area contributed by atoms with Crippen molar-refractivity contribution >= 4 is 22.9 Å². The van der Waals surface area contributed by atoms with Crippen molar-refractivity contribution in [3.05, 3.63) is 64.0 Å². The number of rotatable bonds is 5. The summed E-state index contributed by atoms with van der Waals surface area (Å²) in [5, 5.41) is 16.7. The molecule has 31 heavy (non-hydrogen) atoms. The predicted octanol–water partition coefficient (Wildman–Crippen LogP) is 3.27. The minimum Gasteiger partial charge on any atom is -0.493 e. The Morgan fingerprint density at radius 1 is 1.32 bits per heavy atom. The summed E-state index contributed by atoms with van der Waals surface area (Å²) in [5.74, 6) is 0.770. The molecule has 3 heterocycles. The molecule has 160 valence electrons. The van der Waals surface area contributed by atoms with E-state index < -0.39 is 5.54 Å². The highest BCUT2D eigenvalue weighted by molar-refractivity contribution is 7.09. The smallest absolute Gasteiger partial charge is 0.240 e. The molecule has 6 nitrogen and oxygen atoms in total. The normalized spacial score (nSPS) is 19.6. The van der Waals surface area contributed by atoms with E-state index >= 15 is 0 Å². The van der Waals surface area contributed by atoms with E-state index in [0.717, 1.165) is 39.7 Å². The standard InChI is InChI=1S/C24H25N3O3S/c1-16-26-20(14-31-16)17-6-7-21-18(12-17)8-10-27(21)23(29)13-25-24(15-28)9-11-30-22-5-3-2-4-19(22)24/h2-7,12,14,25,28H,8-11,13,15H2,1H3/t24-/m0/s1. The second-order valence-electron chi connectivity index (χ2n) is 8.08. The number of carbonyl (C=O) groups excluding carboxylic acids is 1. The average Bonchev–Trinajstić information content (AvgIpc) is 3.43. The molecule has 2 aromatic carbocycles. The largest absolute Gasteiger partial charge is 0.493 e. The van der Waals surface area contributed by atoms with Gasteiger partial charge in [0, 0.05) is 35.2 Å². The molecule has 2 aliphatic heterocycles. The van der Waals surface area contributed by atoms with E-state index in [1.54, 1.807) is 11.3 Å². The van der Waals surface area contributed by atoms with Crippen molar-refractivity contribution in [1.82, 2.24) is 10.3 Å². The Bertz CT molecular complexity index is 1130. The SMILES string of the molecule is Cc1nc(-c2ccc3c(c2)CCN3C(=O)CN[C@]2(CO)CCOc3ccccc32)cs1. The molecule has 0 radical (unpaired) electrons. The molecule has 3 aromatic rings. The molecule has 0 saturated carbocycles. The highest BCUT2D eigenvalue weighted by atomic mass is 32.1. The van der Waals surface area contributed by atoms with E-state index in [-0.39, 0.29) is 19.1 Å². The summed E-state index contributed by atoms with van der Waals surface area (Å²) in [6.07, 6.45) is 1.45. The maximum atomic E-state index is 13.1. The van der Waals surface area contributed by atoms with Crippen LogP contribution in [0, 0.1) is 6.92 Å². The summed E-state index contributed by atoms with van der Waals surface area (Å²) in [4.78, 5) is 19.5. The molecule has 1 amide bonds. The van der Waals surface area contributed by atoms with Crippen molar-refractivity contribution in [2.24, 2.45) is 0 Å². The molecule has 7 heteroatoms. The van der Waals surface area contributed by atoms with Gasteiger partial charge in [-0.05, 0) is 37.1 Å². The first-order valence-corrected chi connectivity index (χ1v) is 11.4. The Labute approximate surface area is 185 Å². The number of nitrogens with one attached hydrogen (secondary N) is 1. The topological polar surface area (TPSA) is 74.7 Å². The van der Waals surface area contributed by atoms with Gasteiger partial charge in [0.05, 0.1) is 36.0 Å². The molecule has 0 bridgehead atoms. The number of aryl methyl sites for hydroxylation is 1. The number of fused-ring (bicyclic) bond motifs is 2. The molecule has 0 spiro atoms. The van der Waals surface area contributed by atoms with Crippen molar-refractivity contribution in [2.45, 2.75) is 25.3 Å². The van der Waals surface area contributed by atoms with Crippen LogP contribution in [-0.2, 0) is 16.8 Å². The molecule has 0 saturated heterocycles. The Balaban J connectivity index is 1.33. The average molecular weight is 436 g/mol. The van der Waals surface area contributed by atoms with Crippen molar-refractivity contribution < 1.29 is 14.6 Å². The van der Waals surface area contributed by atoms with Crippen LogP contribution in [0.15, 0.2) is 47.8 Å². The van der Waals surface area contributed by atoms with Gasteiger partial charge in [-0.15, -0.1) is 11.3 Å². The first-order chi connectivity index (χ1) is 15.1. The number of hydrogen-bond donors (Lipinski definition) is 2. The van der Waals surface area contributed by atoms with Crippen molar-refractivity contribution in [2.75, 3.05) is 31.2 Å². The fourth-order valence-electron chi connectivity index (χ4n) is 4.52. The number of aliphatic hydroxyl groups excluding tert-OH is 1. The van der Waals surface area contributed by atoms with Gasteiger partial charge in [0.1, 0.15) is 5.75 Å².